The molecule has 1 amide bonds. The normalized spacial score (nSPS) is 19.8. The number of hydrogen-bond donors (Lipinski definition) is 0. The fraction of sp³-hybridized carbons (Fsp3) is 0.529. The first-order chi connectivity index (χ1) is 11.2. The Morgan fingerprint density at radius 3 is 2.96 bits per heavy atom. The van der Waals surface area contributed by atoms with Crippen LogP contribution in [0.5, 0.6) is 0 Å². The van der Waals surface area contributed by atoms with Crippen LogP contribution < -0.4 is 0 Å². The number of rotatable bonds is 2. The number of aryl methyl sites for hydroxylation is 1. The quantitative estimate of drug-likeness (QED) is 0.850. The molecule has 0 radical (unpaired) electrons. The lowest BCUT2D eigenvalue weighted by molar-refractivity contribution is -0.0926. The summed E-state index contributed by atoms with van der Waals surface area (Å²) in [5, 5.41) is 6.49. The van der Waals surface area contributed by atoms with Gasteiger partial charge in [-0.05, 0) is 42.8 Å². The van der Waals surface area contributed by atoms with Gasteiger partial charge in [0.15, 0.2) is 0 Å². The van der Waals surface area contributed by atoms with E-state index in [1.165, 1.54) is 10.4 Å². The van der Waals surface area contributed by atoms with Crippen LogP contribution in [0.3, 0.4) is 0 Å². The fourth-order valence-corrected chi connectivity index (χ4v) is 4.61. The maximum absolute atomic E-state index is 12.6. The molecule has 2 aromatic rings. The summed E-state index contributed by atoms with van der Waals surface area (Å²) in [4.78, 5) is 16.0. The van der Waals surface area contributed by atoms with E-state index in [4.69, 9.17) is 4.74 Å². The lowest BCUT2D eigenvalue weighted by atomic mass is 9.82. The van der Waals surface area contributed by atoms with E-state index in [1.54, 1.807) is 4.68 Å². The zero-order valence-corrected chi connectivity index (χ0v) is 14.1. The second-order valence-corrected chi connectivity index (χ2v) is 7.20. The number of amides is 1. The Labute approximate surface area is 139 Å². The molecule has 0 aromatic carbocycles. The maximum Gasteiger partial charge on any atom is 0.274 e. The average Bonchev–Trinajstić information content (AvgIpc) is 3.25. The van der Waals surface area contributed by atoms with Crippen molar-refractivity contribution in [2.75, 3.05) is 19.7 Å². The van der Waals surface area contributed by atoms with Gasteiger partial charge in [0, 0.05) is 37.1 Å². The monoisotopic (exact) mass is 331 g/mol. The molecular formula is C17H21N3O2S. The molecule has 6 heteroatoms. The molecule has 2 aliphatic heterocycles. The van der Waals surface area contributed by atoms with Crippen LogP contribution in [-0.4, -0.2) is 40.3 Å². The molecule has 0 saturated carbocycles. The van der Waals surface area contributed by atoms with Crippen LogP contribution in [0.1, 0.15) is 40.7 Å². The van der Waals surface area contributed by atoms with E-state index in [1.807, 2.05) is 35.4 Å². The predicted octanol–water partition coefficient (Wildman–Crippen LogP) is 2.67. The van der Waals surface area contributed by atoms with Crippen molar-refractivity contribution in [3.05, 3.63) is 39.8 Å². The van der Waals surface area contributed by atoms with Gasteiger partial charge in [0.25, 0.3) is 5.91 Å². The maximum atomic E-state index is 12.6. The Morgan fingerprint density at radius 1 is 1.39 bits per heavy atom. The minimum absolute atomic E-state index is 0.0356. The number of piperidine rings is 1. The molecule has 2 aliphatic rings. The molecule has 0 atom stereocenters. The van der Waals surface area contributed by atoms with Crippen LogP contribution in [0, 0.1) is 0 Å². The van der Waals surface area contributed by atoms with Crippen molar-refractivity contribution in [1.82, 2.24) is 14.7 Å². The summed E-state index contributed by atoms with van der Waals surface area (Å²) in [6, 6.07) is 4.02. The van der Waals surface area contributed by atoms with E-state index in [9.17, 15) is 4.79 Å². The first kappa shape index (κ1) is 14.9. The predicted molar refractivity (Wildman–Crippen MR) is 88.7 cm³/mol. The number of ether oxygens (including phenoxy) is 1. The summed E-state index contributed by atoms with van der Waals surface area (Å²) in [5.41, 5.74) is 1.73. The van der Waals surface area contributed by atoms with Crippen molar-refractivity contribution in [1.29, 1.82) is 0 Å². The molecule has 4 rings (SSSR count). The highest BCUT2D eigenvalue weighted by Gasteiger charge is 2.42. The highest BCUT2D eigenvalue weighted by Crippen LogP contribution is 2.43. The Hall–Kier alpha value is -1.66. The summed E-state index contributed by atoms with van der Waals surface area (Å²) in [6.07, 6.45) is 4.63. The van der Waals surface area contributed by atoms with E-state index in [-0.39, 0.29) is 11.5 Å². The summed E-state index contributed by atoms with van der Waals surface area (Å²) in [6.45, 7) is 5.05. The number of carbonyl (C=O) groups is 1. The van der Waals surface area contributed by atoms with Gasteiger partial charge in [-0.3, -0.25) is 9.48 Å². The van der Waals surface area contributed by atoms with Crippen molar-refractivity contribution in [3.63, 3.8) is 0 Å². The molecule has 5 nitrogen and oxygen atoms in total. The number of hydrogen-bond acceptors (Lipinski definition) is 4. The summed E-state index contributed by atoms with van der Waals surface area (Å²) in [7, 11) is 0. The van der Waals surface area contributed by atoms with Crippen molar-refractivity contribution in [2.45, 2.75) is 38.3 Å². The Kier molecular flexibility index (Phi) is 3.73. The zero-order chi connectivity index (χ0) is 15.9. The highest BCUT2D eigenvalue weighted by molar-refractivity contribution is 7.10. The number of carbonyl (C=O) groups excluding carboxylic acids is 1. The molecule has 1 saturated heterocycles. The third-order valence-corrected chi connectivity index (χ3v) is 5.97. The highest BCUT2D eigenvalue weighted by atomic mass is 32.1. The first-order valence-electron chi connectivity index (χ1n) is 8.25. The van der Waals surface area contributed by atoms with Crippen molar-refractivity contribution >= 4 is 17.2 Å². The van der Waals surface area contributed by atoms with Crippen molar-refractivity contribution in [3.8, 4) is 0 Å². The first-order valence-corrected chi connectivity index (χ1v) is 9.13. The van der Waals surface area contributed by atoms with Crippen LogP contribution in [0.4, 0.5) is 0 Å². The Balaban J connectivity index is 1.48. The zero-order valence-electron chi connectivity index (χ0n) is 13.3. The van der Waals surface area contributed by atoms with Gasteiger partial charge in [-0.2, -0.15) is 5.10 Å². The smallest absolute Gasteiger partial charge is 0.274 e. The van der Waals surface area contributed by atoms with Crippen LogP contribution in [-0.2, 0) is 23.3 Å². The molecule has 0 N–H and O–H groups in total. The van der Waals surface area contributed by atoms with Gasteiger partial charge in [-0.1, -0.05) is 0 Å². The van der Waals surface area contributed by atoms with Gasteiger partial charge in [0.05, 0.1) is 12.2 Å². The van der Waals surface area contributed by atoms with Crippen LogP contribution in [0.2, 0.25) is 0 Å². The fourth-order valence-electron chi connectivity index (χ4n) is 3.66. The van der Waals surface area contributed by atoms with Gasteiger partial charge < -0.3 is 9.64 Å². The third-order valence-electron chi connectivity index (χ3n) is 4.99. The number of fused-ring (bicyclic) bond motifs is 2. The Bertz CT molecular complexity index is 713. The number of aromatic nitrogens is 2. The van der Waals surface area contributed by atoms with E-state index < -0.39 is 0 Å². The topological polar surface area (TPSA) is 47.4 Å². The number of likely N-dealkylation sites (tertiary alicyclic amines) is 1. The van der Waals surface area contributed by atoms with Gasteiger partial charge >= 0.3 is 0 Å². The van der Waals surface area contributed by atoms with Gasteiger partial charge in [-0.25, -0.2) is 0 Å². The summed E-state index contributed by atoms with van der Waals surface area (Å²) >= 11 is 1.83. The van der Waals surface area contributed by atoms with E-state index in [0.717, 1.165) is 45.5 Å². The van der Waals surface area contributed by atoms with E-state index in [2.05, 4.69) is 16.5 Å². The second-order valence-electron chi connectivity index (χ2n) is 6.20. The molecule has 23 heavy (non-hydrogen) atoms. The largest absolute Gasteiger partial charge is 0.370 e. The Morgan fingerprint density at radius 2 is 2.22 bits per heavy atom. The van der Waals surface area contributed by atoms with Crippen LogP contribution >= 0.6 is 11.3 Å². The van der Waals surface area contributed by atoms with Gasteiger partial charge in [0.1, 0.15) is 5.69 Å². The van der Waals surface area contributed by atoms with Crippen molar-refractivity contribution in [2.24, 2.45) is 0 Å². The summed E-state index contributed by atoms with van der Waals surface area (Å²) < 4.78 is 7.99. The molecule has 0 aliphatic carbocycles. The van der Waals surface area contributed by atoms with E-state index in [0.29, 0.717) is 5.69 Å². The van der Waals surface area contributed by atoms with Crippen LogP contribution in [0.25, 0.3) is 0 Å². The SMILES string of the molecule is CCn1ccc(C(=O)N2CCC3(CC2)OCCc2sccc23)n1. The molecule has 122 valence electrons. The molecule has 4 heterocycles. The molecule has 1 fully saturated rings. The standard InChI is InChI=1S/C17H21N3O2S/c1-2-20-8-3-14(18-20)16(21)19-9-6-17(7-10-19)13-5-12-23-15(13)4-11-22-17/h3,5,8,12H,2,4,6-7,9-11H2,1H3. The molecular weight excluding hydrogens is 310 g/mol. The van der Waals surface area contributed by atoms with Crippen LogP contribution in [0.15, 0.2) is 23.7 Å². The average molecular weight is 331 g/mol. The summed E-state index contributed by atoms with van der Waals surface area (Å²) in [5.74, 6) is 0.0356. The second kappa shape index (κ2) is 5.76. The lowest BCUT2D eigenvalue weighted by Crippen LogP contribution is -2.48. The minimum atomic E-state index is -0.173. The molecule has 1 spiro atoms. The molecule has 2 aromatic heterocycles. The van der Waals surface area contributed by atoms with Crippen molar-refractivity contribution < 1.29 is 9.53 Å². The molecule has 0 unspecified atom stereocenters. The minimum Gasteiger partial charge on any atom is -0.370 e. The van der Waals surface area contributed by atoms with E-state index >= 15 is 0 Å². The number of thiophene rings is 1. The molecule has 0 bridgehead atoms. The van der Waals surface area contributed by atoms with Gasteiger partial charge in [-0.15, -0.1) is 11.3 Å². The number of nitrogens with zero attached hydrogens (tertiary/aromatic N) is 3. The third kappa shape index (κ3) is 2.50. The van der Waals surface area contributed by atoms with Gasteiger partial charge in [0.2, 0.25) is 0 Å². The lowest BCUT2D eigenvalue weighted by Gasteiger charge is -2.43.